The lowest BCUT2D eigenvalue weighted by atomic mass is 10.1. The van der Waals surface area contributed by atoms with E-state index in [0.717, 1.165) is 11.1 Å². The second kappa shape index (κ2) is 9.26. The molecule has 2 fully saturated rings. The van der Waals surface area contributed by atoms with Gasteiger partial charge in [-0.1, -0.05) is 24.3 Å². The summed E-state index contributed by atoms with van der Waals surface area (Å²) in [7, 11) is 0. The minimum atomic E-state index is -0.560. The molecule has 0 bridgehead atoms. The van der Waals surface area contributed by atoms with Gasteiger partial charge < -0.3 is 19.4 Å². The van der Waals surface area contributed by atoms with Gasteiger partial charge in [-0.2, -0.15) is 0 Å². The summed E-state index contributed by atoms with van der Waals surface area (Å²) in [6.07, 6.45) is 0. The van der Waals surface area contributed by atoms with Gasteiger partial charge in [-0.25, -0.2) is 4.39 Å². The molecule has 7 nitrogen and oxygen atoms in total. The number of carbonyl (C=O) groups excluding carboxylic acids is 3. The number of hydrogen-bond acceptors (Lipinski definition) is 4. The van der Waals surface area contributed by atoms with Crippen LogP contribution in [0, 0.1) is 5.82 Å². The number of rotatable bonds is 5. The van der Waals surface area contributed by atoms with Gasteiger partial charge in [0.25, 0.3) is 5.91 Å². The van der Waals surface area contributed by atoms with Crippen molar-refractivity contribution in [3.8, 4) is 0 Å². The zero-order valence-electron chi connectivity index (χ0n) is 17.1. The van der Waals surface area contributed by atoms with Crippen molar-refractivity contribution in [2.24, 2.45) is 0 Å². The van der Waals surface area contributed by atoms with Crippen LogP contribution in [0.3, 0.4) is 0 Å². The molecule has 0 aromatic heterocycles. The third kappa shape index (κ3) is 4.91. The molecule has 0 unspecified atom stereocenters. The number of carbonyl (C=O) groups is 3. The highest BCUT2D eigenvalue weighted by Crippen LogP contribution is 2.16. The lowest BCUT2D eigenvalue weighted by molar-refractivity contribution is -0.156. The van der Waals surface area contributed by atoms with Gasteiger partial charge in [0.2, 0.25) is 0 Å². The minimum Gasteiger partial charge on any atom is -0.378 e. The van der Waals surface area contributed by atoms with Crippen molar-refractivity contribution >= 4 is 17.7 Å². The topological polar surface area (TPSA) is 70.2 Å². The molecule has 2 heterocycles. The van der Waals surface area contributed by atoms with E-state index in [1.807, 2.05) is 12.1 Å². The smallest absolute Gasteiger partial charge is 0.312 e. The van der Waals surface area contributed by atoms with E-state index in [1.165, 1.54) is 21.9 Å². The van der Waals surface area contributed by atoms with Crippen molar-refractivity contribution < 1.29 is 23.5 Å². The standard InChI is InChI=1S/C23H24FN3O4/c24-20-7-3-18(4-8-20)16-27-10-9-26(22(29)23(27)30)15-17-1-5-19(6-2-17)21(28)25-11-13-31-14-12-25/h1-8H,9-16H2. The Morgan fingerprint density at radius 1 is 0.774 bits per heavy atom. The van der Waals surface area contributed by atoms with E-state index in [-0.39, 0.29) is 18.3 Å². The number of morpholine rings is 1. The van der Waals surface area contributed by atoms with Crippen molar-refractivity contribution in [2.45, 2.75) is 13.1 Å². The van der Waals surface area contributed by atoms with Crippen LogP contribution in [-0.4, -0.2) is 71.8 Å². The summed E-state index contributed by atoms with van der Waals surface area (Å²) >= 11 is 0. The minimum absolute atomic E-state index is 0.0319. The van der Waals surface area contributed by atoms with Gasteiger partial charge in [0.15, 0.2) is 0 Å². The Balaban J connectivity index is 1.34. The molecule has 2 aliphatic rings. The Bertz CT molecular complexity index is 956. The lowest BCUT2D eigenvalue weighted by Gasteiger charge is -2.34. The quantitative estimate of drug-likeness (QED) is 0.684. The summed E-state index contributed by atoms with van der Waals surface area (Å²) in [6.45, 7) is 3.67. The van der Waals surface area contributed by atoms with E-state index in [4.69, 9.17) is 4.74 Å². The number of hydrogen-bond donors (Lipinski definition) is 0. The second-order valence-electron chi connectivity index (χ2n) is 7.68. The van der Waals surface area contributed by atoms with Gasteiger partial charge in [0.05, 0.1) is 13.2 Å². The Morgan fingerprint density at radius 3 is 1.77 bits per heavy atom. The summed E-state index contributed by atoms with van der Waals surface area (Å²) in [6, 6.07) is 13.0. The first-order chi connectivity index (χ1) is 15.0. The van der Waals surface area contributed by atoms with E-state index in [0.29, 0.717) is 51.5 Å². The van der Waals surface area contributed by atoms with Gasteiger partial charge in [-0.05, 0) is 35.4 Å². The fourth-order valence-electron chi connectivity index (χ4n) is 3.75. The first kappa shape index (κ1) is 21.0. The molecule has 0 atom stereocenters. The van der Waals surface area contributed by atoms with Crippen molar-refractivity contribution in [3.63, 3.8) is 0 Å². The molecule has 0 saturated carbocycles. The highest BCUT2D eigenvalue weighted by molar-refractivity contribution is 6.35. The number of amides is 3. The maximum Gasteiger partial charge on any atom is 0.312 e. The zero-order chi connectivity index (χ0) is 21.8. The third-order valence-corrected chi connectivity index (χ3v) is 5.56. The Hall–Kier alpha value is -3.26. The van der Waals surface area contributed by atoms with Gasteiger partial charge in [0, 0.05) is 44.8 Å². The summed E-state index contributed by atoms with van der Waals surface area (Å²) in [5.41, 5.74) is 2.22. The van der Waals surface area contributed by atoms with Crippen LogP contribution in [0.4, 0.5) is 4.39 Å². The molecular weight excluding hydrogens is 401 g/mol. The molecule has 4 rings (SSSR count). The predicted molar refractivity (Wildman–Crippen MR) is 110 cm³/mol. The molecule has 0 spiro atoms. The molecule has 2 aromatic carbocycles. The highest BCUT2D eigenvalue weighted by Gasteiger charge is 2.32. The molecule has 2 saturated heterocycles. The molecule has 2 aliphatic heterocycles. The number of nitrogens with zero attached hydrogens (tertiary/aromatic N) is 3. The van der Waals surface area contributed by atoms with E-state index >= 15 is 0 Å². The van der Waals surface area contributed by atoms with Crippen LogP contribution in [0.25, 0.3) is 0 Å². The van der Waals surface area contributed by atoms with Crippen molar-refractivity contribution in [1.29, 1.82) is 0 Å². The average molecular weight is 425 g/mol. The third-order valence-electron chi connectivity index (χ3n) is 5.56. The molecular formula is C23H24FN3O4. The van der Waals surface area contributed by atoms with E-state index in [2.05, 4.69) is 0 Å². The van der Waals surface area contributed by atoms with Crippen LogP contribution in [0.1, 0.15) is 21.5 Å². The molecule has 0 aliphatic carbocycles. The van der Waals surface area contributed by atoms with Crippen LogP contribution >= 0.6 is 0 Å². The maximum absolute atomic E-state index is 13.1. The Labute approximate surface area is 180 Å². The van der Waals surface area contributed by atoms with Gasteiger partial charge >= 0.3 is 11.8 Å². The summed E-state index contributed by atoms with van der Waals surface area (Å²) in [5.74, 6) is -1.49. The summed E-state index contributed by atoms with van der Waals surface area (Å²) < 4.78 is 18.3. The fraction of sp³-hybridized carbons (Fsp3) is 0.348. The van der Waals surface area contributed by atoms with Crippen molar-refractivity contribution in [3.05, 3.63) is 71.0 Å². The molecule has 0 radical (unpaired) electrons. The molecule has 0 N–H and O–H groups in total. The first-order valence-corrected chi connectivity index (χ1v) is 10.3. The average Bonchev–Trinajstić information content (AvgIpc) is 2.81. The number of benzene rings is 2. The number of halogens is 1. The molecule has 8 heteroatoms. The van der Waals surface area contributed by atoms with Crippen LogP contribution in [0.15, 0.2) is 48.5 Å². The van der Waals surface area contributed by atoms with Crippen molar-refractivity contribution in [2.75, 3.05) is 39.4 Å². The molecule has 31 heavy (non-hydrogen) atoms. The zero-order valence-corrected chi connectivity index (χ0v) is 17.1. The summed E-state index contributed by atoms with van der Waals surface area (Å²) in [5, 5.41) is 0. The van der Waals surface area contributed by atoms with Crippen molar-refractivity contribution in [1.82, 2.24) is 14.7 Å². The van der Waals surface area contributed by atoms with E-state index < -0.39 is 11.8 Å². The molecule has 2 aromatic rings. The molecule has 162 valence electrons. The maximum atomic E-state index is 13.1. The number of piperazine rings is 1. The van der Waals surface area contributed by atoms with E-state index in [9.17, 15) is 18.8 Å². The van der Waals surface area contributed by atoms with Gasteiger partial charge in [-0.3, -0.25) is 14.4 Å². The van der Waals surface area contributed by atoms with Crippen LogP contribution < -0.4 is 0 Å². The highest BCUT2D eigenvalue weighted by atomic mass is 19.1. The monoisotopic (exact) mass is 425 g/mol. The SMILES string of the molecule is O=C1C(=O)N(Cc2ccc(C(=O)N3CCOCC3)cc2)CCN1Cc1ccc(F)cc1. The summed E-state index contributed by atoms with van der Waals surface area (Å²) in [4.78, 5) is 42.4. The second-order valence-corrected chi connectivity index (χ2v) is 7.68. The van der Waals surface area contributed by atoms with E-state index in [1.54, 1.807) is 29.2 Å². The number of ether oxygens (including phenoxy) is 1. The largest absolute Gasteiger partial charge is 0.378 e. The van der Waals surface area contributed by atoms with Gasteiger partial charge in [-0.15, -0.1) is 0 Å². The van der Waals surface area contributed by atoms with Crippen LogP contribution in [0.2, 0.25) is 0 Å². The predicted octanol–water partition coefficient (Wildman–Crippen LogP) is 1.67. The molecule has 3 amide bonds. The Kier molecular flexibility index (Phi) is 6.27. The van der Waals surface area contributed by atoms with Crippen LogP contribution in [0.5, 0.6) is 0 Å². The van der Waals surface area contributed by atoms with Gasteiger partial charge in [0.1, 0.15) is 5.82 Å². The normalized spacial score (nSPS) is 17.3. The lowest BCUT2D eigenvalue weighted by Crippen LogP contribution is -2.53. The first-order valence-electron chi connectivity index (χ1n) is 10.3. The van der Waals surface area contributed by atoms with Crippen LogP contribution in [-0.2, 0) is 27.4 Å². The fourth-order valence-corrected chi connectivity index (χ4v) is 3.75. The Morgan fingerprint density at radius 2 is 1.26 bits per heavy atom.